The normalized spacial score (nSPS) is 23.9. The van der Waals surface area contributed by atoms with Crippen molar-refractivity contribution < 1.29 is 34.4 Å². The van der Waals surface area contributed by atoms with Gasteiger partial charge in [-0.1, -0.05) is 42.4 Å². The maximum atomic E-state index is 14.1. The van der Waals surface area contributed by atoms with Crippen molar-refractivity contribution in [3.05, 3.63) is 88.7 Å². The highest BCUT2D eigenvalue weighted by molar-refractivity contribution is 5.94. The topological polar surface area (TPSA) is 113 Å². The summed E-state index contributed by atoms with van der Waals surface area (Å²) in [4.78, 5) is 26.8. The van der Waals surface area contributed by atoms with Crippen molar-refractivity contribution in [3.8, 4) is 23.0 Å². The number of benzene rings is 2. The lowest BCUT2D eigenvalue weighted by atomic mass is 9.51. The van der Waals surface area contributed by atoms with Crippen molar-refractivity contribution in [2.24, 2.45) is 29.6 Å². The highest BCUT2D eigenvalue weighted by Crippen LogP contribution is 2.58. The molecule has 1 saturated carbocycles. The number of aliphatic hydroxyl groups is 1. The molecule has 0 aliphatic heterocycles. The summed E-state index contributed by atoms with van der Waals surface area (Å²) in [5.74, 6) is -0.197. The largest absolute Gasteiger partial charge is 0.508 e. The molecule has 0 amide bonds. The Morgan fingerprint density at radius 3 is 2.30 bits per heavy atom. The van der Waals surface area contributed by atoms with Gasteiger partial charge in [-0.25, -0.2) is 0 Å². The first kappa shape index (κ1) is 31.7. The second-order valence-electron chi connectivity index (χ2n) is 12.1. The lowest BCUT2D eigenvalue weighted by Crippen LogP contribution is -2.47. The molecule has 6 atom stereocenters. The summed E-state index contributed by atoms with van der Waals surface area (Å²) in [5, 5.41) is 30.9. The number of hydrogen-bond donors (Lipinski definition) is 3. The Labute approximate surface area is 253 Å². The Morgan fingerprint density at radius 2 is 1.65 bits per heavy atom. The molecule has 0 spiro atoms. The zero-order chi connectivity index (χ0) is 31.4. The first-order valence-corrected chi connectivity index (χ1v) is 14.7. The van der Waals surface area contributed by atoms with Gasteiger partial charge < -0.3 is 24.8 Å². The summed E-state index contributed by atoms with van der Waals surface area (Å²) < 4.78 is 10.6. The zero-order valence-electron chi connectivity index (χ0n) is 25.7. The Bertz CT molecular complexity index is 1490. The van der Waals surface area contributed by atoms with E-state index < -0.39 is 5.92 Å². The van der Waals surface area contributed by atoms with Crippen molar-refractivity contribution in [3.63, 3.8) is 0 Å². The molecule has 3 N–H and O–H groups in total. The molecule has 7 heteroatoms. The Kier molecular flexibility index (Phi) is 9.84. The molecule has 3 aliphatic carbocycles. The van der Waals surface area contributed by atoms with Gasteiger partial charge in [0, 0.05) is 24.3 Å². The third kappa shape index (κ3) is 7.04. The molecule has 1 fully saturated rings. The molecular formula is C36H42O7. The number of ketones is 2. The van der Waals surface area contributed by atoms with Crippen molar-refractivity contribution in [2.75, 3.05) is 14.2 Å². The van der Waals surface area contributed by atoms with Gasteiger partial charge in [0.25, 0.3) is 0 Å². The summed E-state index contributed by atoms with van der Waals surface area (Å²) in [7, 11) is 2.95. The standard InChI is InChI=1S/C36H42O7/c1-20(2)13-26(38)14-21(3)27-19-28-22(4)15-29(27)36(35(28)24-9-12-31(40)34(17-24)43-6)32(41)18-25(37)10-7-23-8-11-30(39)33(16-23)42-5/h7-13,15-18,21,27-29,35-37,39-40H,14,19H2,1-6H3/b10-7+,25-18-/t21?,27-,28?,29?,35+,36-/m1/s1. The summed E-state index contributed by atoms with van der Waals surface area (Å²) in [6, 6.07) is 10.0. The van der Waals surface area contributed by atoms with Crippen LogP contribution in [0.15, 0.2) is 77.6 Å². The first-order chi connectivity index (χ1) is 20.4. The number of fused-ring (bicyclic) bond motifs is 2. The lowest BCUT2D eigenvalue weighted by Gasteiger charge is -2.52. The van der Waals surface area contributed by atoms with Gasteiger partial charge in [0.05, 0.1) is 14.2 Å². The number of aromatic hydroxyl groups is 2. The van der Waals surface area contributed by atoms with Crippen LogP contribution >= 0.6 is 0 Å². The molecule has 0 saturated heterocycles. The van der Waals surface area contributed by atoms with Crippen LogP contribution in [-0.4, -0.2) is 41.1 Å². The molecule has 3 aliphatic rings. The van der Waals surface area contributed by atoms with Crippen LogP contribution in [-0.2, 0) is 9.59 Å². The fourth-order valence-electron chi connectivity index (χ4n) is 6.92. The predicted octanol–water partition coefficient (Wildman–Crippen LogP) is 7.31. The minimum Gasteiger partial charge on any atom is -0.508 e. The second kappa shape index (κ2) is 13.4. The second-order valence-corrected chi connectivity index (χ2v) is 12.1. The van der Waals surface area contributed by atoms with Crippen LogP contribution in [0.5, 0.6) is 23.0 Å². The number of rotatable bonds is 11. The smallest absolute Gasteiger partial charge is 0.163 e. The third-order valence-electron chi connectivity index (χ3n) is 8.86. The van der Waals surface area contributed by atoms with Crippen molar-refractivity contribution in [2.45, 2.75) is 46.5 Å². The van der Waals surface area contributed by atoms with E-state index in [1.165, 1.54) is 38.0 Å². The van der Waals surface area contributed by atoms with Gasteiger partial charge in [0.15, 0.2) is 34.6 Å². The number of hydrogen-bond acceptors (Lipinski definition) is 7. The Morgan fingerprint density at radius 1 is 1.00 bits per heavy atom. The summed E-state index contributed by atoms with van der Waals surface area (Å²) in [6.45, 7) is 8.01. The number of carbonyl (C=O) groups excluding carboxylic acids is 2. The van der Waals surface area contributed by atoms with Gasteiger partial charge in [-0.05, 0) is 98.4 Å². The maximum Gasteiger partial charge on any atom is 0.163 e. The molecule has 2 bridgehead atoms. The fourth-order valence-corrected chi connectivity index (χ4v) is 6.92. The van der Waals surface area contributed by atoms with E-state index in [2.05, 4.69) is 19.9 Å². The summed E-state index contributed by atoms with van der Waals surface area (Å²) >= 11 is 0. The number of ether oxygens (including phenoxy) is 2. The first-order valence-electron chi connectivity index (χ1n) is 14.7. The number of methoxy groups -OCH3 is 2. The van der Waals surface area contributed by atoms with Crippen LogP contribution < -0.4 is 9.47 Å². The van der Waals surface area contributed by atoms with Crippen LogP contribution in [0.2, 0.25) is 0 Å². The summed E-state index contributed by atoms with van der Waals surface area (Å²) in [6.07, 6.45) is 9.49. The molecule has 0 aromatic heterocycles. The van der Waals surface area contributed by atoms with Gasteiger partial charge in [-0.2, -0.15) is 0 Å². The quantitative estimate of drug-likeness (QED) is 0.109. The zero-order valence-corrected chi connectivity index (χ0v) is 25.7. The molecule has 43 heavy (non-hydrogen) atoms. The number of phenolic OH excluding ortho intramolecular Hbond substituents is 2. The van der Waals surface area contributed by atoms with Crippen molar-refractivity contribution in [1.29, 1.82) is 0 Å². The average Bonchev–Trinajstić information content (AvgIpc) is 2.96. The molecule has 5 rings (SSSR count). The van der Waals surface area contributed by atoms with E-state index in [1.807, 2.05) is 19.9 Å². The van der Waals surface area contributed by atoms with E-state index in [-0.39, 0.29) is 58.4 Å². The number of allylic oxidation sites excluding steroid dienone is 6. The molecule has 2 aromatic rings. The van der Waals surface area contributed by atoms with Crippen molar-refractivity contribution in [1.82, 2.24) is 0 Å². The van der Waals surface area contributed by atoms with Gasteiger partial charge in [0.1, 0.15) is 5.76 Å². The van der Waals surface area contributed by atoms with E-state index in [0.29, 0.717) is 23.5 Å². The van der Waals surface area contributed by atoms with E-state index in [0.717, 1.165) is 17.6 Å². The highest BCUT2D eigenvalue weighted by Gasteiger charge is 2.52. The molecule has 0 radical (unpaired) electrons. The molecule has 0 heterocycles. The Hall–Kier alpha value is -4.26. The molecule has 2 aromatic carbocycles. The van der Waals surface area contributed by atoms with Gasteiger partial charge in [-0.3, -0.25) is 9.59 Å². The minimum absolute atomic E-state index is 0.00790. The van der Waals surface area contributed by atoms with Gasteiger partial charge >= 0.3 is 0 Å². The van der Waals surface area contributed by atoms with Gasteiger partial charge in [-0.15, -0.1) is 0 Å². The lowest BCUT2D eigenvalue weighted by molar-refractivity contribution is -0.124. The highest BCUT2D eigenvalue weighted by atomic mass is 16.5. The van der Waals surface area contributed by atoms with E-state index in [4.69, 9.17) is 9.47 Å². The number of carbonyl (C=O) groups is 2. The predicted molar refractivity (Wildman–Crippen MR) is 167 cm³/mol. The molecular weight excluding hydrogens is 544 g/mol. The van der Waals surface area contributed by atoms with Crippen LogP contribution in [0.3, 0.4) is 0 Å². The molecule has 3 unspecified atom stereocenters. The Balaban J connectivity index is 1.70. The average molecular weight is 587 g/mol. The van der Waals surface area contributed by atoms with Crippen LogP contribution in [0.25, 0.3) is 6.08 Å². The van der Waals surface area contributed by atoms with E-state index in [1.54, 1.807) is 36.4 Å². The van der Waals surface area contributed by atoms with Crippen LogP contribution in [0.1, 0.15) is 57.6 Å². The SMILES string of the molecule is COc1cc(/C=C/C(O)=C/C(=O)[C@H]2C3C=C(C)C(C[C@@H]3C(C)CC(=O)C=C(C)C)[C@@H]2c2ccc(O)c(OC)c2)ccc1O. The number of phenols is 2. The third-order valence-corrected chi connectivity index (χ3v) is 8.86. The van der Waals surface area contributed by atoms with Crippen LogP contribution in [0.4, 0.5) is 0 Å². The van der Waals surface area contributed by atoms with E-state index in [9.17, 15) is 24.9 Å². The monoisotopic (exact) mass is 586 g/mol. The fraction of sp³-hybridized carbons (Fsp3) is 0.389. The maximum absolute atomic E-state index is 14.1. The van der Waals surface area contributed by atoms with Crippen LogP contribution in [0, 0.1) is 29.6 Å². The summed E-state index contributed by atoms with van der Waals surface area (Å²) in [5.41, 5.74) is 3.74. The number of aliphatic hydroxyl groups excluding tert-OH is 1. The molecule has 228 valence electrons. The van der Waals surface area contributed by atoms with Crippen molar-refractivity contribution >= 4 is 17.6 Å². The molecule has 7 nitrogen and oxygen atoms in total. The van der Waals surface area contributed by atoms with E-state index >= 15 is 0 Å². The minimum atomic E-state index is -0.480. The van der Waals surface area contributed by atoms with Gasteiger partial charge in [0.2, 0.25) is 0 Å².